The number of nitrogens with zero attached hydrogens (tertiary/aromatic N) is 3. The standard InChI is InChI=1S/C23H32N3O2/c1-6-22-25(5)20-12-17(13-24)8-10-19(20)26(22)14-23(27)28-21-11-16(4)7-9-18(21)15(2)3/h8,10,12,15-16,18,21H,6-7,9,11,14H2,1-5H3/q+1/t16-,18+,21-/m1/s1. The molecule has 3 atom stereocenters. The Morgan fingerprint density at radius 1 is 1.39 bits per heavy atom. The third kappa shape index (κ3) is 3.92. The summed E-state index contributed by atoms with van der Waals surface area (Å²) in [7, 11) is 1.99. The summed E-state index contributed by atoms with van der Waals surface area (Å²) >= 11 is 0. The molecule has 0 amide bonds. The average molecular weight is 383 g/mol. The minimum Gasteiger partial charge on any atom is -0.459 e. The molecular formula is C23H32N3O2+. The van der Waals surface area contributed by atoms with E-state index in [0.717, 1.165) is 36.1 Å². The van der Waals surface area contributed by atoms with Crippen molar-refractivity contribution < 1.29 is 14.1 Å². The van der Waals surface area contributed by atoms with Gasteiger partial charge in [0.05, 0.1) is 18.7 Å². The second-order valence-electron chi connectivity index (χ2n) is 8.58. The third-order valence-corrected chi connectivity index (χ3v) is 6.30. The molecule has 0 spiro atoms. The van der Waals surface area contributed by atoms with Crippen LogP contribution >= 0.6 is 0 Å². The molecule has 0 unspecified atom stereocenters. The van der Waals surface area contributed by atoms with Crippen LogP contribution in [0.25, 0.3) is 11.0 Å². The van der Waals surface area contributed by atoms with E-state index in [-0.39, 0.29) is 18.6 Å². The number of ether oxygens (including phenoxy) is 1. The summed E-state index contributed by atoms with van der Waals surface area (Å²) in [4.78, 5) is 12.9. The Morgan fingerprint density at radius 3 is 2.79 bits per heavy atom. The van der Waals surface area contributed by atoms with Gasteiger partial charge in [-0.05, 0) is 42.7 Å². The molecular weight excluding hydrogens is 350 g/mol. The van der Waals surface area contributed by atoms with E-state index in [1.54, 1.807) is 6.07 Å². The summed E-state index contributed by atoms with van der Waals surface area (Å²) in [5.74, 6) is 2.46. The summed E-state index contributed by atoms with van der Waals surface area (Å²) in [6, 6.07) is 7.81. The zero-order valence-corrected chi connectivity index (χ0v) is 17.7. The molecule has 0 N–H and O–H groups in total. The second kappa shape index (κ2) is 8.34. The van der Waals surface area contributed by atoms with Crippen molar-refractivity contribution in [1.29, 1.82) is 5.26 Å². The molecule has 1 aromatic heterocycles. The monoisotopic (exact) mass is 382 g/mol. The molecule has 0 bridgehead atoms. The molecule has 3 rings (SSSR count). The Balaban J connectivity index is 1.85. The van der Waals surface area contributed by atoms with Gasteiger partial charge in [0, 0.05) is 12.5 Å². The van der Waals surface area contributed by atoms with Crippen molar-refractivity contribution in [1.82, 2.24) is 4.57 Å². The number of imidazole rings is 1. The summed E-state index contributed by atoms with van der Waals surface area (Å²) in [5.41, 5.74) is 2.56. The van der Waals surface area contributed by atoms with E-state index in [9.17, 15) is 10.1 Å². The third-order valence-electron chi connectivity index (χ3n) is 6.30. The highest BCUT2D eigenvalue weighted by molar-refractivity contribution is 5.75. The molecule has 28 heavy (non-hydrogen) atoms. The van der Waals surface area contributed by atoms with Gasteiger partial charge in [0.15, 0.2) is 17.6 Å². The number of carbonyl (C=O) groups is 1. The first-order valence-corrected chi connectivity index (χ1v) is 10.5. The normalized spacial score (nSPS) is 22.4. The minimum absolute atomic E-state index is 0.0158. The zero-order valence-electron chi connectivity index (χ0n) is 17.7. The number of esters is 1. The van der Waals surface area contributed by atoms with Crippen LogP contribution in [0.5, 0.6) is 0 Å². The van der Waals surface area contributed by atoms with Crippen molar-refractivity contribution in [2.45, 2.75) is 66.0 Å². The van der Waals surface area contributed by atoms with E-state index in [0.29, 0.717) is 23.3 Å². The van der Waals surface area contributed by atoms with Gasteiger partial charge >= 0.3 is 5.97 Å². The van der Waals surface area contributed by atoms with Gasteiger partial charge in [0.25, 0.3) is 5.82 Å². The predicted molar refractivity (Wildman–Crippen MR) is 108 cm³/mol. The maximum atomic E-state index is 12.9. The Morgan fingerprint density at radius 2 is 2.14 bits per heavy atom. The summed E-state index contributed by atoms with van der Waals surface area (Å²) in [6.45, 7) is 8.99. The molecule has 1 aliphatic rings. The van der Waals surface area contributed by atoms with Crippen LogP contribution < -0.4 is 4.57 Å². The van der Waals surface area contributed by atoms with Gasteiger partial charge in [-0.15, -0.1) is 0 Å². The molecule has 1 aliphatic carbocycles. The Hall–Kier alpha value is -2.35. The largest absolute Gasteiger partial charge is 0.459 e. The number of carbonyl (C=O) groups excluding carboxylic acids is 1. The Bertz CT molecular complexity index is 907. The molecule has 150 valence electrons. The topological polar surface area (TPSA) is 58.9 Å². The lowest BCUT2D eigenvalue weighted by Crippen LogP contribution is -2.44. The fourth-order valence-corrected chi connectivity index (χ4v) is 4.74. The van der Waals surface area contributed by atoms with Crippen LogP contribution in [0.4, 0.5) is 0 Å². The quantitative estimate of drug-likeness (QED) is 0.582. The number of aromatic nitrogens is 2. The van der Waals surface area contributed by atoms with Crippen molar-refractivity contribution >= 4 is 17.0 Å². The number of benzene rings is 1. The van der Waals surface area contributed by atoms with Crippen molar-refractivity contribution in [3.05, 3.63) is 29.6 Å². The van der Waals surface area contributed by atoms with Gasteiger partial charge in [-0.3, -0.25) is 0 Å². The van der Waals surface area contributed by atoms with Gasteiger partial charge in [0.1, 0.15) is 6.10 Å². The SMILES string of the molecule is CCc1n(C)c2cc(C#N)ccc2[n+]1CC(=O)O[C@@H]1C[C@H](C)CC[C@H]1C(C)C. The molecule has 1 heterocycles. The van der Waals surface area contributed by atoms with E-state index in [4.69, 9.17) is 4.74 Å². The molecule has 5 nitrogen and oxygen atoms in total. The number of rotatable bonds is 5. The van der Waals surface area contributed by atoms with E-state index in [1.165, 1.54) is 6.42 Å². The smallest absolute Gasteiger partial charge is 0.348 e. The van der Waals surface area contributed by atoms with Crippen LogP contribution in [0.15, 0.2) is 18.2 Å². The lowest BCUT2D eigenvalue weighted by molar-refractivity contribution is -0.668. The molecule has 1 fully saturated rings. The number of aryl methyl sites for hydroxylation is 1. The number of fused-ring (bicyclic) bond motifs is 1. The lowest BCUT2D eigenvalue weighted by atomic mass is 9.75. The van der Waals surface area contributed by atoms with E-state index in [2.05, 4.69) is 38.3 Å². The zero-order chi connectivity index (χ0) is 20.4. The number of nitriles is 1. The number of hydrogen-bond acceptors (Lipinski definition) is 3. The maximum Gasteiger partial charge on any atom is 0.348 e. The molecule has 1 saturated carbocycles. The van der Waals surface area contributed by atoms with Crippen molar-refractivity contribution in [2.75, 3.05) is 0 Å². The summed E-state index contributed by atoms with van der Waals surface area (Å²) in [5, 5.41) is 9.20. The minimum atomic E-state index is -0.165. The van der Waals surface area contributed by atoms with Crippen LogP contribution in [0.2, 0.25) is 0 Å². The molecule has 2 aromatic rings. The van der Waals surface area contributed by atoms with Gasteiger partial charge in [0.2, 0.25) is 0 Å². The fourth-order valence-electron chi connectivity index (χ4n) is 4.74. The second-order valence-corrected chi connectivity index (χ2v) is 8.58. The van der Waals surface area contributed by atoms with Crippen molar-refractivity contribution in [3.8, 4) is 6.07 Å². The lowest BCUT2D eigenvalue weighted by Gasteiger charge is -2.36. The molecule has 0 radical (unpaired) electrons. The first-order valence-electron chi connectivity index (χ1n) is 10.5. The highest BCUT2D eigenvalue weighted by Crippen LogP contribution is 2.35. The predicted octanol–water partition coefficient (Wildman–Crippen LogP) is 3.90. The molecule has 0 saturated heterocycles. The first kappa shape index (κ1) is 20.4. The van der Waals surface area contributed by atoms with Crippen LogP contribution in [0.3, 0.4) is 0 Å². The molecule has 5 heteroatoms. The molecule has 1 aromatic carbocycles. The Labute approximate surface area is 167 Å². The van der Waals surface area contributed by atoms with E-state index >= 15 is 0 Å². The highest BCUT2D eigenvalue weighted by atomic mass is 16.5. The van der Waals surface area contributed by atoms with E-state index < -0.39 is 0 Å². The first-order chi connectivity index (χ1) is 13.3. The Kier molecular flexibility index (Phi) is 6.07. The fraction of sp³-hybridized carbons (Fsp3) is 0.609. The van der Waals surface area contributed by atoms with Crippen molar-refractivity contribution in [3.63, 3.8) is 0 Å². The summed E-state index contributed by atoms with van der Waals surface area (Å²) < 4.78 is 10.1. The average Bonchev–Trinajstić information content (AvgIpc) is 2.92. The maximum absolute atomic E-state index is 12.9. The van der Waals surface area contributed by atoms with Crippen LogP contribution in [-0.2, 0) is 29.5 Å². The van der Waals surface area contributed by atoms with E-state index in [1.807, 2.05) is 23.7 Å². The van der Waals surface area contributed by atoms with Gasteiger partial charge < -0.3 is 4.74 Å². The summed E-state index contributed by atoms with van der Waals surface area (Å²) in [6.07, 6.45) is 4.13. The van der Waals surface area contributed by atoms with Crippen LogP contribution in [-0.4, -0.2) is 16.6 Å². The van der Waals surface area contributed by atoms with Crippen molar-refractivity contribution in [2.24, 2.45) is 24.8 Å². The van der Waals surface area contributed by atoms with Crippen LogP contribution in [0, 0.1) is 29.1 Å². The number of hydrogen-bond donors (Lipinski definition) is 0. The van der Waals surface area contributed by atoms with Gasteiger partial charge in [-0.2, -0.15) is 5.26 Å². The van der Waals surface area contributed by atoms with Gasteiger partial charge in [-0.1, -0.05) is 34.1 Å². The highest BCUT2D eigenvalue weighted by Gasteiger charge is 2.34. The molecule has 0 aliphatic heterocycles. The van der Waals surface area contributed by atoms with Gasteiger partial charge in [-0.25, -0.2) is 13.9 Å². The van der Waals surface area contributed by atoms with Crippen LogP contribution in [0.1, 0.15) is 58.3 Å².